The molecule has 1 aromatic heterocycles. The highest BCUT2D eigenvalue weighted by Gasteiger charge is 2.27. The fourth-order valence-electron chi connectivity index (χ4n) is 2.94. The van der Waals surface area contributed by atoms with Crippen molar-refractivity contribution in [1.82, 2.24) is 14.9 Å². The summed E-state index contributed by atoms with van der Waals surface area (Å²) in [5, 5.41) is 0. The summed E-state index contributed by atoms with van der Waals surface area (Å²) in [7, 11) is 0. The highest BCUT2D eigenvalue weighted by atomic mass is 16.5. The molecule has 1 atom stereocenters. The quantitative estimate of drug-likeness (QED) is 0.877. The summed E-state index contributed by atoms with van der Waals surface area (Å²) >= 11 is 0. The second-order valence-corrected chi connectivity index (χ2v) is 5.53. The molecule has 1 N–H and O–H groups in total. The molecule has 5 heteroatoms. The van der Waals surface area contributed by atoms with Crippen LogP contribution in [0.2, 0.25) is 0 Å². The minimum atomic E-state index is -0.0631. The van der Waals surface area contributed by atoms with Gasteiger partial charge in [-0.2, -0.15) is 0 Å². The van der Waals surface area contributed by atoms with E-state index in [4.69, 9.17) is 4.74 Å². The van der Waals surface area contributed by atoms with Gasteiger partial charge in [0.15, 0.2) is 0 Å². The molecule has 0 saturated carbocycles. The molecule has 1 aliphatic heterocycles. The number of aromatic nitrogens is 2. The van der Waals surface area contributed by atoms with E-state index in [0.29, 0.717) is 6.61 Å². The molecule has 1 aromatic carbocycles. The number of carbonyl (C=O) groups is 1. The number of fused-ring (bicyclic) bond motifs is 1. The molecular formula is C16H21N3O2. The molecule has 0 spiro atoms. The molecule has 1 unspecified atom stereocenters. The first-order valence-electron chi connectivity index (χ1n) is 7.59. The smallest absolute Gasteiger partial charge is 0.310 e. The highest BCUT2D eigenvalue weighted by Crippen LogP contribution is 2.20. The van der Waals surface area contributed by atoms with E-state index in [1.807, 2.05) is 31.2 Å². The molecule has 0 bridgehead atoms. The number of aromatic amines is 1. The molecule has 3 rings (SSSR count). The number of H-pyrrole nitrogens is 1. The van der Waals surface area contributed by atoms with E-state index >= 15 is 0 Å². The van der Waals surface area contributed by atoms with Crippen molar-refractivity contribution in [2.24, 2.45) is 5.92 Å². The predicted octanol–water partition coefficient (Wildman–Crippen LogP) is 2.34. The van der Waals surface area contributed by atoms with E-state index in [0.717, 1.165) is 49.3 Å². The number of hydrogen-bond acceptors (Lipinski definition) is 4. The molecule has 1 saturated heterocycles. The molecular weight excluding hydrogens is 266 g/mol. The molecule has 5 nitrogen and oxygen atoms in total. The maximum Gasteiger partial charge on any atom is 0.310 e. The molecule has 0 amide bonds. The van der Waals surface area contributed by atoms with Gasteiger partial charge < -0.3 is 9.72 Å². The lowest BCUT2D eigenvalue weighted by molar-refractivity contribution is -0.150. The topological polar surface area (TPSA) is 58.2 Å². The Kier molecular flexibility index (Phi) is 4.20. The molecule has 21 heavy (non-hydrogen) atoms. The van der Waals surface area contributed by atoms with Crippen molar-refractivity contribution < 1.29 is 9.53 Å². The average molecular weight is 287 g/mol. The van der Waals surface area contributed by atoms with Crippen molar-refractivity contribution in [3.8, 4) is 0 Å². The normalized spacial score (nSPS) is 19.8. The number of para-hydroxylation sites is 2. The first-order chi connectivity index (χ1) is 10.3. The Hall–Kier alpha value is -1.88. The van der Waals surface area contributed by atoms with Gasteiger partial charge in [0.05, 0.1) is 30.1 Å². The third kappa shape index (κ3) is 3.24. The first-order valence-corrected chi connectivity index (χ1v) is 7.59. The number of nitrogens with zero attached hydrogens (tertiary/aromatic N) is 2. The zero-order chi connectivity index (χ0) is 14.7. The van der Waals surface area contributed by atoms with Gasteiger partial charge in [0.25, 0.3) is 0 Å². The van der Waals surface area contributed by atoms with Gasteiger partial charge in [-0.1, -0.05) is 12.1 Å². The molecule has 2 aromatic rings. The van der Waals surface area contributed by atoms with Crippen LogP contribution >= 0.6 is 0 Å². The predicted molar refractivity (Wildman–Crippen MR) is 80.7 cm³/mol. The summed E-state index contributed by atoms with van der Waals surface area (Å²) in [5.74, 6) is 0.899. The van der Waals surface area contributed by atoms with Gasteiger partial charge in [0, 0.05) is 6.54 Å². The van der Waals surface area contributed by atoms with Crippen LogP contribution in [-0.4, -0.2) is 40.5 Å². The molecule has 2 heterocycles. The van der Waals surface area contributed by atoms with E-state index in [1.54, 1.807) is 0 Å². The Morgan fingerprint density at radius 3 is 3.14 bits per heavy atom. The number of hydrogen-bond donors (Lipinski definition) is 1. The van der Waals surface area contributed by atoms with Gasteiger partial charge in [0.2, 0.25) is 0 Å². The van der Waals surface area contributed by atoms with Crippen molar-refractivity contribution in [1.29, 1.82) is 0 Å². The van der Waals surface area contributed by atoms with Crippen LogP contribution in [0.15, 0.2) is 24.3 Å². The van der Waals surface area contributed by atoms with Crippen LogP contribution in [0.3, 0.4) is 0 Å². The van der Waals surface area contributed by atoms with Crippen LogP contribution < -0.4 is 0 Å². The van der Waals surface area contributed by atoms with Crippen LogP contribution in [0.25, 0.3) is 11.0 Å². The Balaban J connectivity index is 1.65. The van der Waals surface area contributed by atoms with Gasteiger partial charge in [-0.05, 0) is 38.4 Å². The number of rotatable bonds is 4. The molecule has 0 radical (unpaired) electrons. The number of esters is 1. The fraction of sp³-hybridized carbons (Fsp3) is 0.500. The summed E-state index contributed by atoms with van der Waals surface area (Å²) in [6.45, 7) is 4.83. The second-order valence-electron chi connectivity index (χ2n) is 5.53. The minimum Gasteiger partial charge on any atom is -0.466 e. The van der Waals surface area contributed by atoms with Gasteiger partial charge in [0.1, 0.15) is 5.82 Å². The Morgan fingerprint density at radius 1 is 1.48 bits per heavy atom. The third-order valence-electron chi connectivity index (χ3n) is 3.94. The molecule has 1 aliphatic rings. The number of imidazole rings is 1. The van der Waals surface area contributed by atoms with Crippen LogP contribution in [0.4, 0.5) is 0 Å². The van der Waals surface area contributed by atoms with Gasteiger partial charge in [-0.3, -0.25) is 9.69 Å². The summed E-state index contributed by atoms with van der Waals surface area (Å²) in [6, 6.07) is 8.03. The number of benzene rings is 1. The van der Waals surface area contributed by atoms with Crippen LogP contribution in [0, 0.1) is 5.92 Å². The summed E-state index contributed by atoms with van der Waals surface area (Å²) < 4.78 is 5.14. The number of nitrogens with one attached hydrogen (secondary N) is 1. The standard InChI is InChI=1S/C16H21N3O2/c1-2-21-16(20)12-6-5-9-19(10-12)11-15-17-13-7-3-4-8-14(13)18-15/h3-4,7-8,12H,2,5-6,9-11H2,1H3,(H,17,18). The van der Waals surface area contributed by atoms with Crippen LogP contribution in [0.1, 0.15) is 25.6 Å². The molecule has 112 valence electrons. The largest absolute Gasteiger partial charge is 0.466 e. The van der Waals surface area contributed by atoms with Gasteiger partial charge in [-0.25, -0.2) is 4.98 Å². The minimum absolute atomic E-state index is 0.00285. The lowest BCUT2D eigenvalue weighted by Gasteiger charge is -2.30. The zero-order valence-corrected chi connectivity index (χ0v) is 12.3. The van der Waals surface area contributed by atoms with Crippen molar-refractivity contribution >= 4 is 17.0 Å². The number of likely N-dealkylation sites (tertiary alicyclic amines) is 1. The van der Waals surface area contributed by atoms with Gasteiger partial charge in [-0.15, -0.1) is 0 Å². The van der Waals surface area contributed by atoms with Crippen molar-refractivity contribution in [2.45, 2.75) is 26.3 Å². The lowest BCUT2D eigenvalue weighted by atomic mass is 9.98. The summed E-state index contributed by atoms with van der Waals surface area (Å²) in [5.41, 5.74) is 2.05. The number of ether oxygens (including phenoxy) is 1. The Bertz CT molecular complexity index is 590. The zero-order valence-electron chi connectivity index (χ0n) is 12.3. The number of piperidine rings is 1. The van der Waals surface area contributed by atoms with E-state index < -0.39 is 0 Å². The van der Waals surface area contributed by atoms with E-state index in [-0.39, 0.29) is 11.9 Å². The Morgan fingerprint density at radius 2 is 2.33 bits per heavy atom. The van der Waals surface area contributed by atoms with Crippen molar-refractivity contribution in [2.75, 3.05) is 19.7 Å². The summed E-state index contributed by atoms with van der Waals surface area (Å²) in [4.78, 5) is 22.1. The van der Waals surface area contributed by atoms with Crippen LogP contribution in [-0.2, 0) is 16.1 Å². The lowest BCUT2D eigenvalue weighted by Crippen LogP contribution is -2.39. The van der Waals surface area contributed by atoms with E-state index in [9.17, 15) is 4.79 Å². The maximum atomic E-state index is 11.9. The molecule has 1 fully saturated rings. The monoisotopic (exact) mass is 287 g/mol. The number of carbonyl (C=O) groups excluding carboxylic acids is 1. The van der Waals surface area contributed by atoms with Crippen LogP contribution in [0.5, 0.6) is 0 Å². The third-order valence-corrected chi connectivity index (χ3v) is 3.94. The fourth-order valence-corrected chi connectivity index (χ4v) is 2.94. The molecule has 0 aliphatic carbocycles. The average Bonchev–Trinajstić information content (AvgIpc) is 2.90. The van der Waals surface area contributed by atoms with Crippen molar-refractivity contribution in [3.05, 3.63) is 30.1 Å². The summed E-state index contributed by atoms with van der Waals surface area (Å²) in [6.07, 6.45) is 1.96. The van der Waals surface area contributed by atoms with Gasteiger partial charge >= 0.3 is 5.97 Å². The maximum absolute atomic E-state index is 11.9. The second kappa shape index (κ2) is 6.26. The SMILES string of the molecule is CCOC(=O)C1CCCN(Cc2nc3ccccc3[nH]2)C1. The van der Waals surface area contributed by atoms with E-state index in [2.05, 4.69) is 14.9 Å². The Labute approximate surface area is 124 Å². The first kappa shape index (κ1) is 14.1. The van der Waals surface area contributed by atoms with Crippen molar-refractivity contribution in [3.63, 3.8) is 0 Å². The van der Waals surface area contributed by atoms with E-state index in [1.165, 1.54) is 0 Å². The highest BCUT2D eigenvalue weighted by molar-refractivity contribution is 5.74.